The molecule has 27 heavy (non-hydrogen) atoms. The summed E-state index contributed by atoms with van der Waals surface area (Å²) in [6, 6.07) is 3.81. The fourth-order valence-electron chi connectivity index (χ4n) is 3.36. The summed E-state index contributed by atoms with van der Waals surface area (Å²) in [5.41, 5.74) is 2.06. The second-order valence-corrected chi connectivity index (χ2v) is 9.79. The summed E-state index contributed by atoms with van der Waals surface area (Å²) in [4.78, 5) is 12.8. The van der Waals surface area contributed by atoms with Crippen LogP contribution in [0.4, 0.5) is 0 Å². The number of benzene rings is 1. The van der Waals surface area contributed by atoms with Gasteiger partial charge < -0.3 is 5.11 Å². The standard InChI is InChI=1S/C25H40O2/c1-8-9-10-11-12-13-14-15-16-22(26)19-17-20(24(2,3)4)23(27)21(18-19)25(5,6)7/h8,17-18,27H,1,9-16H2,2-7H3. The van der Waals surface area contributed by atoms with Crippen LogP contribution < -0.4 is 0 Å². The number of phenolic OH excluding ortho intramolecular Hbond substituents is 1. The average Bonchev–Trinajstić information content (AvgIpc) is 2.55. The molecule has 1 aromatic rings. The van der Waals surface area contributed by atoms with Crippen LogP contribution in [0.5, 0.6) is 5.75 Å². The molecule has 1 aromatic carbocycles. The van der Waals surface area contributed by atoms with E-state index in [1.165, 1.54) is 25.7 Å². The minimum atomic E-state index is -0.203. The van der Waals surface area contributed by atoms with Crippen molar-refractivity contribution in [3.63, 3.8) is 0 Å². The van der Waals surface area contributed by atoms with E-state index in [0.717, 1.165) is 36.0 Å². The molecule has 2 heteroatoms. The highest BCUT2D eigenvalue weighted by Gasteiger charge is 2.27. The zero-order chi connectivity index (χ0) is 20.7. The maximum Gasteiger partial charge on any atom is 0.162 e. The lowest BCUT2D eigenvalue weighted by atomic mass is 9.78. The molecule has 0 aromatic heterocycles. The highest BCUT2D eigenvalue weighted by Crippen LogP contribution is 2.40. The Bertz CT molecular complexity index is 592. The quantitative estimate of drug-likeness (QED) is 0.262. The van der Waals surface area contributed by atoms with E-state index in [4.69, 9.17) is 0 Å². The van der Waals surface area contributed by atoms with Crippen molar-refractivity contribution < 1.29 is 9.90 Å². The molecule has 0 unspecified atom stereocenters. The second kappa shape index (κ2) is 10.1. The van der Waals surface area contributed by atoms with Crippen LogP contribution in [0.15, 0.2) is 24.8 Å². The summed E-state index contributed by atoms with van der Waals surface area (Å²) in [5.74, 6) is 0.531. The van der Waals surface area contributed by atoms with Gasteiger partial charge in [0.25, 0.3) is 0 Å². The topological polar surface area (TPSA) is 37.3 Å². The number of allylic oxidation sites excluding steroid dienone is 1. The van der Waals surface area contributed by atoms with Crippen molar-refractivity contribution >= 4 is 5.78 Å². The van der Waals surface area contributed by atoms with E-state index >= 15 is 0 Å². The van der Waals surface area contributed by atoms with E-state index in [-0.39, 0.29) is 16.6 Å². The fraction of sp³-hybridized carbons (Fsp3) is 0.640. The van der Waals surface area contributed by atoms with Crippen molar-refractivity contribution in [2.24, 2.45) is 0 Å². The van der Waals surface area contributed by atoms with Gasteiger partial charge in [-0.25, -0.2) is 0 Å². The van der Waals surface area contributed by atoms with Crippen LogP contribution in [0, 0.1) is 0 Å². The summed E-state index contributed by atoms with van der Waals surface area (Å²) in [5, 5.41) is 10.8. The largest absolute Gasteiger partial charge is 0.507 e. The van der Waals surface area contributed by atoms with Gasteiger partial charge in [-0.2, -0.15) is 0 Å². The molecule has 2 nitrogen and oxygen atoms in total. The number of hydrogen-bond acceptors (Lipinski definition) is 2. The molecule has 0 aliphatic carbocycles. The number of rotatable bonds is 10. The number of carbonyl (C=O) groups excluding carboxylic acids is 1. The minimum absolute atomic E-state index is 0.192. The van der Waals surface area contributed by atoms with Crippen molar-refractivity contribution in [1.82, 2.24) is 0 Å². The van der Waals surface area contributed by atoms with Gasteiger partial charge in [0, 0.05) is 23.1 Å². The van der Waals surface area contributed by atoms with E-state index < -0.39 is 0 Å². The van der Waals surface area contributed by atoms with Crippen molar-refractivity contribution in [1.29, 1.82) is 0 Å². The Balaban J connectivity index is 2.78. The molecule has 0 heterocycles. The Kier molecular flexibility index (Phi) is 8.78. The summed E-state index contributed by atoms with van der Waals surface area (Å²) < 4.78 is 0. The molecular weight excluding hydrogens is 332 g/mol. The first kappa shape index (κ1) is 23.5. The zero-order valence-corrected chi connectivity index (χ0v) is 18.5. The number of carbonyl (C=O) groups is 1. The predicted octanol–water partition coefficient (Wildman–Crippen LogP) is 7.48. The third kappa shape index (κ3) is 7.52. The molecule has 0 fully saturated rings. The van der Waals surface area contributed by atoms with E-state index in [1.807, 2.05) is 18.2 Å². The third-order valence-electron chi connectivity index (χ3n) is 5.11. The van der Waals surface area contributed by atoms with Gasteiger partial charge in [0.15, 0.2) is 5.78 Å². The number of phenols is 1. The van der Waals surface area contributed by atoms with E-state index in [2.05, 4.69) is 48.1 Å². The molecule has 0 bridgehead atoms. The monoisotopic (exact) mass is 372 g/mol. The van der Waals surface area contributed by atoms with Crippen molar-refractivity contribution in [3.05, 3.63) is 41.5 Å². The van der Waals surface area contributed by atoms with Crippen molar-refractivity contribution in [2.75, 3.05) is 0 Å². The summed E-state index contributed by atoms with van der Waals surface area (Å²) >= 11 is 0. The Morgan fingerprint density at radius 2 is 1.33 bits per heavy atom. The summed E-state index contributed by atoms with van der Waals surface area (Å²) in [7, 11) is 0. The van der Waals surface area contributed by atoms with Crippen LogP contribution in [0.3, 0.4) is 0 Å². The van der Waals surface area contributed by atoms with Gasteiger partial charge in [0.2, 0.25) is 0 Å². The number of aromatic hydroxyl groups is 1. The van der Waals surface area contributed by atoms with Gasteiger partial charge in [-0.1, -0.05) is 73.3 Å². The molecule has 0 spiro atoms. The first-order valence-electron chi connectivity index (χ1n) is 10.5. The SMILES string of the molecule is C=CCCCCCCCCC(=O)c1cc(C(C)(C)C)c(O)c(C(C)(C)C)c1. The Morgan fingerprint density at radius 3 is 1.78 bits per heavy atom. The van der Waals surface area contributed by atoms with Gasteiger partial charge in [0.05, 0.1) is 0 Å². The van der Waals surface area contributed by atoms with Gasteiger partial charge in [-0.3, -0.25) is 4.79 Å². The van der Waals surface area contributed by atoms with Crippen molar-refractivity contribution in [2.45, 2.75) is 104 Å². The van der Waals surface area contributed by atoms with Gasteiger partial charge in [-0.05, 0) is 42.2 Å². The third-order valence-corrected chi connectivity index (χ3v) is 5.11. The lowest BCUT2D eigenvalue weighted by Gasteiger charge is -2.28. The summed E-state index contributed by atoms with van der Waals surface area (Å²) in [6.07, 6.45) is 10.6. The smallest absolute Gasteiger partial charge is 0.162 e. The maximum atomic E-state index is 12.8. The van der Waals surface area contributed by atoms with Gasteiger partial charge in [0.1, 0.15) is 5.75 Å². The molecule has 0 aliphatic rings. The Labute approximate surface area is 167 Å². The summed E-state index contributed by atoms with van der Waals surface area (Å²) in [6.45, 7) is 16.2. The van der Waals surface area contributed by atoms with Crippen molar-refractivity contribution in [3.8, 4) is 5.75 Å². The number of Topliss-reactive ketones (excluding diaryl/α,β-unsaturated/α-hetero) is 1. The highest BCUT2D eigenvalue weighted by atomic mass is 16.3. The predicted molar refractivity (Wildman–Crippen MR) is 117 cm³/mol. The zero-order valence-electron chi connectivity index (χ0n) is 18.5. The van der Waals surface area contributed by atoms with E-state index in [0.29, 0.717) is 12.2 Å². The molecule has 0 amide bonds. The average molecular weight is 373 g/mol. The van der Waals surface area contributed by atoms with Crippen LogP contribution >= 0.6 is 0 Å². The van der Waals surface area contributed by atoms with E-state index in [1.54, 1.807) is 0 Å². The second-order valence-electron chi connectivity index (χ2n) is 9.79. The number of ketones is 1. The Hall–Kier alpha value is -1.57. The first-order chi connectivity index (χ1) is 12.5. The first-order valence-corrected chi connectivity index (χ1v) is 10.5. The maximum absolute atomic E-state index is 12.8. The van der Waals surface area contributed by atoms with Crippen LogP contribution in [-0.2, 0) is 10.8 Å². The van der Waals surface area contributed by atoms with Crippen LogP contribution in [0.25, 0.3) is 0 Å². The minimum Gasteiger partial charge on any atom is -0.507 e. The highest BCUT2D eigenvalue weighted by molar-refractivity contribution is 5.96. The van der Waals surface area contributed by atoms with Crippen LogP contribution in [0.2, 0.25) is 0 Å². The molecule has 0 saturated carbocycles. The van der Waals surface area contributed by atoms with Gasteiger partial charge >= 0.3 is 0 Å². The molecular formula is C25H40O2. The molecule has 0 saturated heterocycles. The molecule has 1 rings (SSSR count). The lowest BCUT2D eigenvalue weighted by molar-refractivity contribution is 0.0979. The normalized spacial score (nSPS) is 12.2. The number of unbranched alkanes of at least 4 members (excludes halogenated alkanes) is 6. The molecule has 152 valence electrons. The van der Waals surface area contributed by atoms with Gasteiger partial charge in [-0.15, -0.1) is 6.58 Å². The van der Waals surface area contributed by atoms with Crippen LogP contribution in [-0.4, -0.2) is 10.9 Å². The lowest BCUT2D eigenvalue weighted by Crippen LogP contribution is -2.18. The molecule has 0 atom stereocenters. The van der Waals surface area contributed by atoms with E-state index in [9.17, 15) is 9.90 Å². The fourth-order valence-corrected chi connectivity index (χ4v) is 3.36. The Morgan fingerprint density at radius 1 is 0.889 bits per heavy atom. The molecule has 0 aliphatic heterocycles. The van der Waals surface area contributed by atoms with Crippen LogP contribution in [0.1, 0.15) is 114 Å². The molecule has 1 N–H and O–H groups in total. The molecule has 0 radical (unpaired) electrons. The number of hydrogen-bond donors (Lipinski definition) is 1.